The molecule has 1 aromatic carbocycles. The monoisotopic (exact) mass is 258 g/mol. The van der Waals surface area contributed by atoms with Crippen molar-refractivity contribution >= 4 is 0 Å². The molecule has 104 valence electrons. The SMILES string of the molecule is C[C@H](CN1C[C@H]2CCCN2C[C@@H]1C)c1ccccc1. The first-order valence-corrected chi connectivity index (χ1v) is 7.77. The van der Waals surface area contributed by atoms with E-state index >= 15 is 0 Å². The fourth-order valence-corrected chi connectivity index (χ4v) is 3.74. The van der Waals surface area contributed by atoms with Crippen molar-refractivity contribution in [3.05, 3.63) is 35.9 Å². The molecule has 1 aromatic rings. The average molecular weight is 258 g/mol. The lowest BCUT2D eigenvalue weighted by atomic mass is 9.98. The van der Waals surface area contributed by atoms with Gasteiger partial charge < -0.3 is 0 Å². The lowest BCUT2D eigenvalue weighted by molar-refractivity contribution is 0.0561. The third kappa shape index (κ3) is 2.85. The topological polar surface area (TPSA) is 6.48 Å². The van der Waals surface area contributed by atoms with Crippen molar-refractivity contribution in [3.8, 4) is 0 Å². The molecule has 0 amide bonds. The second-order valence-electron chi connectivity index (χ2n) is 6.41. The van der Waals surface area contributed by atoms with Gasteiger partial charge in [-0.2, -0.15) is 0 Å². The zero-order valence-electron chi connectivity index (χ0n) is 12.3. The molecule has 2 aliphatic heterocycles. The van der Waals surface area contributed by atoms with Gasteiger partial charge in [0.05, 0.1) is 0 Å². The van der Waals surface area contributed by atoms with E-state index < -0.39 is 0 Å². The Morgan fingerprint density at radius 2 is 2.00 bits per heavy atom. The van der Waals surface area contributed by atoms with Crippen LogP contribution in [0.5, 0.6) is 0 Å². The van der Waals surface area contributed by atoms with Crippen molar-refractivity contribution in [2.24, 2.45) is 0 Å². The van der Waals surface area contributed by atoms with Gasteiger partial charge in [-0.25, -0.2) is 0 Å². The molecule has 2 nitrogen and oxygen atoms in total. The summed E-state index contributed by atoms with van der Waals surface area (Å²) in [5.41, 5.74) is 1.48. The zero-order chi connectivity index (χ0) is 13.2. The molecule has 0 aliphatic carbocycles. The molecule has 2 aliphatic rings. The third-order valence-electron chi connectivity index (χ3n) is 4.94. The van der Waals surface area contributed by atoms with E-state index in [2.05, 4.69) is 54.0 Å². The van der Waals surface area contributed by atoms with Gasteiger partial charge in [0.2, 0.25) is 0 Å². The maximum Gasteiger partial charge on any atom is 0.0224 e. The van der Waals surface area contributed by atoms with Gasteiger partial charge in [-0.1, -0.05) is 37.3 Å². The van der Waals surface area contributed by atoms with Crippen LogP contribution in [0.25, 0.3) is 0 Å². The molecule has 2 heteroatoms. The molecule has 0 bridgehead atoms. The van der Waals surface area contributed by atoms with Gasteiger partial charge in [0.25, 0.3) is 0 Å². The number of hydrogen-bond donors (Lipinski definition) is 0. The molecule has 0 spiro atoms. The Morgan fingerprint density at radius 3 is 2.79 bits per heavy atom. The van der Waals surface area contributed by atoms with E-state index in [0.29, 0.717) is 12.0 Å². The Morgan fingerprint density at radius 1 is 1.21 bits per heavy atom. The van der Waals surface area contributed by atoms with Crippen molar-refractivity contribution in [2.45, 2.75) is 44.7 Å². The largest absolute Gasteiger partial charge is 0.298 e. The third-order valence-corrected chi connectivity index (χ3v) is 4.94. The molecule has 19 heavy (non-hydrogen) atoms. The summed E-state index contributed by atoms with van der Waals surface area (Å²) in [6, 6.07) is 12.5. The number of hydrogen-bond acceptors (Lipinski definition) is 2. The van der Waals surface area contributed by atoms with Crippen LogP contribution in [0, 0.1) is 0 Å². The summed E-state index contributed by atoms with van der Waals surface area (Å²) in [5, 5.41) is 0. The Hall–Kier alpha value is -0.860. The molecule has 3 atom stereocenters. The molecule has 2 saturated heterocycles. The van der Waals surface area contributed by atoms with E-state index in [1.807, 2.05) is 0 Å². The summed E-state index contributed by atoms with van der Waals surface area (Å²) >= 11 is 0. The predicted octanol–water partition coefficient (Wildman–Crippen LogP) is 2.96. The summed E-state index contributed by atoms with van der Waals surface area (Å²) in [7, 11) is 0. The summed E-state index contributed by atoms with van der Waals surface area (Å²) in [6.45, 7) is 9.84. The smallest absolute Gasteiger partial charge is 0.0224 e. The highest BCUT2D eigenvalue weighted by atomic mass is 15.3. The van der Waals surface area contributed by atoms with Gasteiger partial charge in [-0.15, -0.1) is 0 Å². The van der Waals surface area contributed by atoms with E-state index in [-0.39, 0.29) is 0 Å². The Labute approximate surface area is 117 Å². The molecule has 0 N–H and O–H groups in total. The second kappa shape index (κ2) is 5.64. The maximum absolute atomic E-state index is 2.71. The second-order valence-corrected chi connectivity index (χ2v) is 6.41. The van der Waals surface area contributed by atoms with Gasteiger partial charge in [0.15, 0.2) is 0 Å². The summed E-state index contributed by atoms with van der Waals surface area (Å²) in [6.07, 6.45) is 2.81. The van der Waals surface area contributed by atoms with Crippen LogP contribution >= 0.6 is 0 Å². The van der Waals surface area contributed by atoms with Crippen LogP contribution < -0.4 is 0 Å². The first-order valence-electron chi connectivity index (χ1n) is 7.77. The van der Waals surface area contributed by atoms with Crippen molar-refractivity contribution < 1.29 is 0 Å². The van der Waals surface area contributed by atoms with Crippen molar-refractivity contribution in [1.29, 1.82) is 0 Å². The van der Waals surface area contributed by atoms with Crippen LogP contribution in [0.4, 0.5) is 0 Å². The van der Waals surface area contributed by atoms with E-state index in [1.165, 1.54) is 44.6 Å². The van der Waals surface area contributed by atoms with Crippen molar-refractivity contribution in [3.63, 3.8) is 0 Å². The fourth-order valence-electron chi connectivity index (χ4n) is 3.74. The van der Waals surface area contributed by atoms with E-state index in [1.54, 1.807) is 0 Å². The minimum atomic E-state index is 0.636. The minimum Gasteiger partial charge on any atom is -0.298 e. The predicted molar refractivity (Wildman–Crippen MR) is 80.5 cm³/mol. The number of fused-ring (bicyclic) bond motifs is 1. The fraction of sp³-hybridized carbons (Fsp3) is 0.647. The van der Waals surface area contributed by atoms with Gasteiger partial charge in [0, 0.05) is 31.7 Å². The maximum atomic E-state index is 2.71. The molecule has 2 heterocycles. The summed E-state index contributed by atoms with van der Waals surface area (Å²) in [4.78, 5) is 5.42. The number of nitrogens with zero attached hydrogens (tertiary/aromatic N) is 2. The van der Waals surface area contributed by atoms with Crippen LogP contribution in [-0.2, 0) is 0 Å². The molecule has 2 fully saturated rings. The first-order chi connectivity index (χ1) is 9.24. The highest BCUT2D eigenvalue weighted by Gasteiger charge is 2.34. The summed E-state index contributed by atoms with van der Waals surface area (Å²) < 4.78 is 0. The molecule has 0 unspecified atom stereocenters. The van der Waals surface area contributed by atoms with E-state index in [4.69, 9.17) is 0 Å². The lowest BCUT2D eigenvalue weighted by Crippen LogP contribution is -2.55. The Kier molecular flexibility index (Phi) is 3.90. The van der Waals surface area contributed by atoms with Crippen LogP contribution in [0.1, 0.15) is 38.2 Å². The molecule has 3 rings (SSSR count). The van der Waals surface area contributed by atoms with Crippen molar-refractivity contribution in [1.82, 2.24) is 9.80 Å². The highest BCUT2D eigenvalue weighted by molar-refractivity contribution is 5.19. The Bertz CT molecular complexity index is 403. The first kappa shape index (κ1) is 13.1. The highest BCUT2D eigenvalue weighted by Crippen LogP contribution is 2.26. The minimum absolute atomic E-state index is 0.636. The normalized spacial score (nSPS) is 30.2. The van der Waals surface area contributed by atoms with Gasteiger partial charge >= 0.3 is 0 Å². The molecular weight excluding hydrogens is 232 g/mol. The Balaban J connectivity index is 1.63. The van der Waals surface area contributed by atoms with E-state index in [0.717, 1.165) is 6.04 Å². The number of benzene rings is 1. The quantitative estimate of drug-likeness (QED) is 0.822. The number of piperazine rings is 1. The van der Waals surface area contributed by atoms with Crippen LogP contribution in [-0.4, -0.2) is 48.1 Å². The van der Waals surface area contributed by atoms with E-state index in [9.17, 15) is 0 Å². The van der Waals surface area contributed by atoms with Crippen LogP contribution in [0.15, 0.2) is 30.3 Å². The number of rotatable bonds is 3. The van der Waals surface area contributed by atoms with Gasteiger partial charge in [-0.05, 0) is 37.8 Å². The standard InChI is InChI=1S/C17H26N2/c1-14(16-7-4-3-5-8-16)11-19-13-17-9-6-10-18(17)12-15(19)2/h3-5,7-8,14-15,17H,6,9-13H2,1-2H3/t14-,15+,17-/m1/s1. The average Bonchev–Trinajstić information content (AvgIpc) is 2.87. The van der Waals surface area contributed by atoms with Crippen LogP contribution in [0.2, 0.25) is 0 Å². The zero-order valence-corrected chi connectivity index (χ0v) is 12.3. The lowest BCUT2D eigenvalue weighted by Gasteiger charge is -2.43. The molecule has 0 radical (unpaired) electrons. The van der Waals surface area contributed by atoms with Crippen molar-refractivity contribution in [2.75, 3.05) is 26.2 Å². The van der Waals surface area contributed by atoms with Crippen LogP contribution in [0.3, 0.4) is 0 Å². The molecular formula is C17H26N2. The van der Waals surface area contributed by atoms with Gasteiger partial charge in [-0.3, -0.25) is 9.80 Å². The summed E-state index contributed by atoms with van der Waals surface area (Å²) in [5.74, 6) is 0.636. The molecule has 0 aromatic heterocycles. The van der Waals surface area contributed by atoms with Gasteiger partial charge in [0.1, 0.15) is 0 Å². The molecule has 0 saturated carbocycles.